The molecule has 0 atom stereocenters. The average Bonchev–Trinajstić information content (AvgIpc) is 3.10. The van der Waals surface area contributed by atoms with E-state index in [-0.39, 0.29) is 0 Å². The van der Waals surface area contributed by atoms with Gasteiger partial charge in [0, 0.05) is 5.38 Å². The molecule has 0 saturated carbocycles. The van der Waals surface area contributed by atoms with Crippen molar-refractivity contribution in [2.75, 3.05) is 4.23 Å². The van der Waals surface area contributed by atoms with E-state index in [9.17, 15) is 0 Å². The van der Waals surface area contributed by atoms with Gasteiger partial charge in [-0.3, -0.25) is 0 Å². The van der Waals surface area contributed by atoms with Crippen molar-refractivity contribution in [1.29, 1.82) is 0 Å². The number of aromatic nitrogens is 1. The molecule has 0 spiro atoms. The number of hydrogen-bond acceptors (Lipinski definition) is 3. The van der Waals surface area contributed by atoms with Crippen LogP contribution >= 0.6 is 11.3 Å². The minimum Gasteiger partial charge on any atom is -0.408 e. The summed E-state index contributed by atoms with van der Waals surface area (Å²) in [5, 5.41) is 2.38. The summed E-state index contributed by atoms with van der Waals surface area (Å²) >= 11 is 1.80. The van der Waals surface area contributed by atoms with Crippen LogP contribution in [-0.4, -0.2) is 21.5 Å². The summed E-state index contributed by atoms with van der Waals surface area (Å²) in [6.07, 6.45) is 8.01. The molecule has 0 unspecified atom stereocenters. The van der Waals surface area contributed by atoms with Crippen molar-refractivity contribution in [2.24, 2.45) is 0 Å². The van der Waals surface area contributed by atoms with Crippen LogP contribution in [0.15, 0.2) is 10.9 Å². The Morgan fingerprint density at radius 3 is 1.27 bits per heavy atom. The lowest BCUT2D eigenvalue weighted by atomic mass is 10.5. The van der Waals surface area contributed by atoms with Gasteiger partial charge in [-0.2, -0.15) is 0 Å². The first kappa shape index (κ1) is 23.9. The molecule has 0 N–H and O–H groups in total. The SMILES string of the molecule is CCC[Si](CCC)(CCC)N(c1cscn1)[Si](CCC)(CCC)CCC. The quantitative estimate of drug-likeness (QED) is 0.269. The minimum atomic E-state index is -1.54. The van der Waals surface area contributed by atoms with E-state index in [1.165, 1.54) is 80.6 Å². The summed E-state index contributed by atoms with van der Waals surface area (Å²) in [6, 6.07) is 8.74. The molecule has 0 saturated heterocycles. The van der Waals surface area contributed by atoms with E-state index in [1.54, 1.807) is 11.3 Å². The van der Waals surface area contributed by atoms with Gasteiger partial charge in [0.1, 0.15) is 22.3 Å². The maximum atomic E-state index is 4.96. The zero-order valence-electron chi connectivity index (χ0n) is 18.4. The molecule has 0 aliphatic carbocycles. The molecule has 0 aliphatic rings. The molecule has 5 heteroatoms. The third-order valence-electron chi connectivity index (χ3n) is 5.89. The Morgan fingerprint density at radius 1 is 0.692 bits per heavy atom. The fourth-order valence-electron chi connectivity index (χ4n) is 5.52. The predicted octanol–water partition coefficient (Wildman–Crippen LogP) is 8.30. The highest BCUT2D eigenvalue weighted by molar-refractivity contribution is 7.09. The van der Waals surface area contributed by atoms with Crippen molar-refractivity contribution in [3.05, 3.63) is 10.9 Å². The summed E-state index contributed by atoms with van der Waals surface area (Å²) in [5.41, 5.74) is 2.08. The second-order valence-electron chi connectivity index (χ2n) is 8.13. The molecule has 0 aliphatic heterocycles. The molecule has 1 rings (SSSR count). The number of thiazole rings is 1. The van der Waals surface area contributed by atoms with E-state index >= 15 is 0 Å². The summed E-state index contributed by atoms with van der Waals surface area (Å²) in [7, 11) is -3.07. The van der Waals surface area contributed by atoms with Gasteiger partial charge in [0.15, 0.2) is 0 Å². The van der Waals surface area contributed by atoms with Crippen LogP contribution in [0.5, 0.6) is 0 Å². The number of nitrogens with zero attached hydrogens (tertiary/aromatic N) is 2. The van der Waals surface area contributed by atoms with Crippen molar-refractivity contribution >= 4 is 33.6 Å². The monoisotopic (exact) mass is 412 g/mol. The zero-order valence-corrected chi connectivity index (χ0v) is 21.3. The molecule has 26 heavy (non-hydrogen) atoms. The first-order valence-electron chi connectivity index (χ1n) is 11.3. The van der Waals surface area contributed by atoms with E-state index in [0.717, 1.165) is 0 Å². The molecule has 0 bridgehead atoms. The molecule has 0 aromatic carbocycles. The third kappa shape index (κ3) is 5.68. The van der Waals surface area contributed by atoms with Gasteiger partial charge < -0.3 is 4.23 Å². The molecule has 2 nitrogen and oxygen atoms in total. The Kier molecular flexibility index (Phi) is 11.4. The Labute approximate surface area is 170 Å². The molecule has 1 heterocycles. The van der Waals surface area contributed by atoms with Gasteiger partial charge in [0.25, 0.3) is 0 Å². The lowest BCUT2D eigenvalue weighted by molar-refractivity contribution is 0.872. The van der Waals surface area contributed by atoms with Crippen molar-refractivity contribution in [3.63, 3.8) is 0 Å². The van der Waals surface area contributed by atoms with Crippen molar-refractivity contribution in [2.45, 2.75) is 116 Å². The molecule has 0 fully saturated rings. The van der Waals surface area contributed by atoms with E-state index in [1.807, 2.05) is 0 Å². The number of rotatable bonds is 15. The molecule has 1 aromatic heterocycles. The van der Waals surface area contributed by atoms with Gasteiger partial charge in [0.05, 0.1) is 5.51 Å². The fraction of sp³-hybridized carbons (Fsp3) is 0.857. The Bertz CT molecular complexity index is 405. The summed E-state index contributed by atoms with van der Waals surface area (Å²) in [5.74, 6) is 1.37. The molecular formula is C21H44N2SSi2. The van der Waals surface area contributed by atoms with Crippen LogP contribution in [0.2, 0.25) is 36.3 Å². The van der Waals surface area contributed by atoms with Gasteiger partial charge in [-0.15, -0.1) is 11.3 Å². The summed E-state index contributed by atoms with van der Waals surface area (Å²) in [4.78, 5) is 4.96. The van der Waals surface area contributed by atoms with Crippen molar-refractivity contribution in [1.82, 2.24) is 4.98 Å². The number of hydrogen-bond donors (Lipinski definition) is 0. The molecular weight excluding hydrogens is 368 g/mol. The zero-order chi connectivity index (χ0) is 19.5. The standard InChI is InChI=1S/C21H44N2SSi2/c1-7-13-25(14-8-2,15-9-3)23(21-19-24-20-22-21)26(16-10-4,17-11-5)18-12-6/h19-20H,7-18H2,1-6H3. The highest BCUT2D eigenvalue weighted by atomic mass is 32.1. The van der Waals surface area contributed by atoms with Crippen molar-refractivity contribution < 1.29 is 0 Å². The highest BCUT2D eigenvalue weighted by Gasteiger charge is 2.49. The predicted molar refractivity (Wildman–Crippen MR) is 127 cm³/mol. The van der Waals surface area contributed by atoms with Crippen LogP contribution in [0.4, 0.5) is 5.82 Å². The Balaban J connectivity index is 3.60. The van der Waals surface area contributed by atoms with Crippen LogP contribution in [0.1, 0.15) is 80.1 Å². The van der Waals surface area contributed by atoms with E-state index in [0.29, 0.717) is 0 Å². The third-order valence-corrected chi connectivity index (χ3v) is 20.2. The smallest absolute Gasteiger partial charge is 0.149 e. The van der Waals surface area contributed by atoms with E-state index < -0.39 is 16.5 Å². The largest absolute Gasteiger partial charge is 0.408 e. The maximum absolute atomic E-state index is 4.96. The second kappa shape index (κ2) is 12.3. The van der Waals surface area contributed by atoms with E-state index in [2.05, 4.69) is 56.7 Å². The highest BCUT2D eigenvalue weighted by Crippen LogP contribution is 2.43. The molecule has 0 radical (unpaired) electrons. The fourth-order valence-corrected chi connectivity index (χ4v) is 21.9. The van der Waals surface area contributed by atoms with Gasteiger partial charge in [-0.05, 0) is 36.3 Å². The number of anilines is 1. The van der Waals surface area contributed by atoms with Crippen LogP contribution < -0.4 is 4.23 Å². The van der Waals surface area contributed by atoms with Gasteiger partial charge in [-0.1, -0.05) is 80.1 Å². The summed E-state index contributed by atoms with van der Waals surface area (Å²) in [6.45, 7) is 14.5. The maximum Gasteiger partial charge on any atom is 0.149 e. The molecule has 152 valence electrons. The van der Waals surface area contributed by atoms with Crippen LogP contribution in [0.3, 0.4) is 0 Å². The van der Waals surface area contributed by atoms with Gasteiger partial charge in [-0.25, -0.2) is 4.98 Å². The molecule has 0 amide bonds. The second-order valence-corrected chi connectivity index (χ2v) is 18.1. The average molecular weight is 413 g/mol. The topological polar surface area (TPSA) is 16.1 Å². The van der Waals surface area contributed by atoms with Crippen molar-refractivity contribution in [3.8, 4) is 0 Å². The van der Waals surface area contributed by atoms with Crippen LogP contribution in [0.25, 0.3) is 0 Å². The Hall–Kier alpha value is -0.136. The Morgan fingerprint density at radius 2 is 1.04 bits per heavy atom. The summed E-state index contributed by atoms with van der Waals surface area (Å²) < 4.78 is 3.16. The normalized spacial score (nSPS) is 12.5. The first-order chi connectivity index (χ1) is 12.6. The lowest BCUT2D eigenvalue weighted by Crippen LogP contribution is -2.67. The van der Waals surface area contributed by atoms with Gasteiger partial charge >= 0.3 is 0 Å². The lowest BCUT2D eigenvalue weighted by Gasteiger charge is -2.54. The van der Waals surface area contributed by atoms with Crippen LogP contribution in [-0.2, 0) is 0 Å². The van der Waals surface area contributed by atoms with E-state index in [4.69, 9.17) is 4.98 Å². The minimum absolute atomic E-state index is 1.34. The van der Waals surface area contributed by atoms with Gasteiger partial charge in [0.2, 0.25) is 0 Å². The van der Waals surface area contributed by atoms with Crippen LogP contribution in [0, 0.1) is 0 Å². The first-order valence-corrected chi connectivity index (χ1v) is 17.4. The molecule has 1 aromatic rings.